The summed E-state index contributed by atoms with van der Waals surface area (Å²) in [6, 6.07) is 0. The highest BCUT2D eigenvalue weighted by molar-refractivity contribution is 9.09. The normalized spacial score (nSPS) is 10.1. The Balaban J connectivity index is 3.10. The highest BCUT2D eigenvalue weighted by atomic mass is 79.9. The van der Waals surface area contributed by atoms with Gasteiger partial charge in [0.1, 0.15) is 0 Å². The number of halogens is 1. The van der Waals surface area contributed by atoms with Crippen molar-refractivity contribution in [2.75, 3.05) is 11.9 Å². The molecule has 0 saturated heterocycles. The fraction of sp³-hybridized carbons (Fsp3) is 0.909. The van der Waals surface area contributed by atoms with E-state index < -0.39 is 0 Å². The minimum atomic E-state index is -0.0394. The Labute approximate surface area is 95.5 Å². The maximum atomic E-state index is 11.1. The van der Waals surface area contributed by atoms with Crippen molar-refractivity contribution in [2.24, 2.45) is 0 Å². The van der Waals surface area contributed by atoms with Crippen LogP contribution in [0.2, 0.25) is 0 Å². The monoisotopic (exact) mass is 264 g/mol. The number of esters is 1. The van der Waals surface area contributed by atoms with Crippen molar-refractivity contribution in [3.8, 4) is 0 Å². The fourth-order valence-electron chi connectivity index (χ4n) is 1.15. The molecule has 0 bridgehead atoms. The van der Waals surface area contributed by atoms with Crippen LogP contribution >= 0.6 is 15.9 Å². The van der Waals surface area contributed by atoms with Crippen LogP contribution in [0, 0.1) is 0 Å². The van der Waals surface area contributed by atoms with E-state index in [1.807, 2.05) is 0 Å². The van der Waals surface area contributed by atoms with Crippen molar-refractivity contribution in [3.05, 3.63) is 0 Å². The number of carbonyl (C=O) groups excluding carboxylic acids is 1. The summed E-state index contributed by atoms with van der Waals surface area (Å²) in [5.74, 6) is -0.0394. The van der Waals surface area contributed by atoms with Gasteiger partial charge < -0.3 is 4.74 Å². The minimum absolute atomic E-state index is 0.0394. The van der Waals surface area contributed by atoms with E-state index in [0.29, 0.717) is 13.0 Å². The Kier molecular flexibility index (Phi) is 11.0. The van der Waals surface area contributed by atoms with Crippen LogP contribution in [-0.2, 0) is 9.53 Å². The minimum Gasteiger partial charge on any atom is -0.466 e. The first-order valence-electron chi connectivity index (χ1n) is 5.52. The highest BCUT2D eigenvalue weighted by Gasteiger charge is 2.01. The number of unbranched alkanes of at least 4 members (excludes halogenated alkanes) is 4. The van der Waals surface area contributed by atoms with Gasteiger partial charge in [-0.2, -0.15) is 0 Å². The third-order valence-electron chi connectivity index (χ3n) is 2.03. The Morgan fingerprint density at radius 3 is 2.57 bits per heavy atom. The van der Waals surface area contributed by atoms with E-state index >= 15 is 0 Å². The molecule has 0 aliphatic carbocycles. The van der Waals surface area contributed by atoms with Gasteiger partial charge in [0, 0.05) is 11.8 Å². The molecule has 0 amide bonds. The number of hydrogen-bond acceptors (Lipinski definition) is 2. The summed E-state index contributed by atoms with van der Waals surface area (Å²) in [5, 5.41) is 0.969. The van der Waals surface area contributed by atoms with Crippen molar-refractivity contribution < 1.29 is 9.53 Å². The van der Waals surface area contributed by atoms with Crippen molar-refractivity contribution in [3.63, 3.8) is 0 Å². The van der Waals surface area contributed by atoms with Crippen LogP contribution in [0.3, 0.4) is 0 Å². The summed E-state index contributed by atoms with van der Waals surface area (Å²) in [5.41, 5.74) is 0. The first-order chi connectivity index (χ1) is 6.81. The summed E-state index contributed by atoms with van der Waals surface area (Å²) < 4.78 is 5.08. The number of alkyl halides is 1. The summed E-state index contributed by atoms with van der Waals surface area (Å²) in [4.78, 5) is 11.1. The van der Waals surface area contributed by atoms with Crippen LogP contribution in [-0.4, -0.2) is 17.9 Å². The highest BCUT2D eigenvalue weighted by Crippen LogP contribution is 2.02. The van der Waals surface area contributed by atoms with E-state index in [2.05, 4.69) is 22.9 Å². The van der Waals surface area contributed by atoms with Gasteiger partial charge in [0.05, 0.1) is 6.61 Å². The maximum Gasteiger partial charge on any atom is 0.305 e. The van der Waals surface area contributed by atoms with Gasteiger partial charge in [-0.05, 0) is 19.3 Å². The molecule has 0 aliphatic rings. The molecule has 0 rings (SSSR count). The van der Waals surface area contributed by atoms with Gasteiger partial charge >= 0.3 is 5.97 Å². The van der Waals surface area contributed by atoms with E-state index in [0.717, 1.165) is 24.6 Å². The first-order valence-corrected chi connectivity index (χ1v) is 6.65. The third kappa shape index (κ3) is 10.0. The molecule has 0 fully saturated rings. The Bertz CT molecular complexity index is 137. The molecule has 0 N–H and O–H groups in total. The zero-order valence-corrected chi connectivity index (χ0v) is 10.6. The number of rotatable bonds is 9. The van der Waals surface area contributed by atoms with E-state index in [1.54, 1.807) is 0 Å². The molecule has 2 nitrogen and oxygen atoms in total. The molecule has 84 valence electrons. The third-order valence-corrected chi connectivity index (χ3v) is 2.59. The summed E-state index contributed by atoms with van der Waals surface area (Å²) in [6.45, 7) is 2.78. The summed E-state index contributed by atoms with van der Waals surface area (Å²) in [6.07, 6.45) is 7.19. The average molecular weight is 265 g/mol. The second-order valence-corrected chi connectivity index (χ2v) is 4.22. The predicted molar refractivity (Wildman–Crippen MR) is 62.7 cm³/mol. The van der Waals surface area contributed by atoms with E-state index in [9.17, 15) is 4.79 Å². The molecule has 0 heterocycles. The molecule has 0 aromatic rings. The van der Waals surface area contributed by atoms with Crippen LogP contribution in [0.25, 0.3) is 0 Å². The molecule has 0 atom stereocenters. The summed E-state index contributed by atoms with van der Waals surface area (Å²) in [7, 11) is 0. The van der Waals surface area contributed by atoms with Gasteiger partial charge in [-0.1, -0.05) is 42.1 Å². The second kappa shape index (κ2) is 11.0. The van der Waals surface area contributed by atoms with Gasteiger partial charge in [0.25, 0.3) is 0 Å². The van der Waals surface area contributed by atoms with Gasteiger partial charge in [-0.25, -0.2) is 0 Å². The average Bonchev–Trinajstić information content (AvgIpc) is 2.18. The van der Waals surface area contributed by atoms with Crippen LogP contribution in [0.5, 0.6) is 0 Å². The maximum absolute atomic E-state index is 11.1. The molecule has 0 aromatic heterocycles. The standard InChI is InChI=1S/C11H21BrO2/c1-2-3-4-7-10-14-11(13)8-5-6-9-12/h2-10H2,1H3. The zero-order chi connectivity index (χ0) is 10.6. The smallest absolute Gasteiger partial charge is 0.305 e. The lowest BCUT2D eigenvalue weighted by Crippen LogP contribution is -2.05. The molecule has 0 unspecified atom stereocenters. The lowest BCUT2D eigenvalue weighted by Gasteiger charge is -2.03. The zero-order valence-electron chi connectivity index (χ0n) is 9.06. The number of carbonyl (C=O) groups is 1. The molecule has 0 spiro atoms. The van der Waals surface area contributed by atoms with Gasteiger partial charge in [0.2, 0.25) is 0 Å². The number of hydrogen-bond donors (Lipinski definition) is 0. The van der Waals surface area contributed by atoms with Crippen molar-refractivity contribution >= 4 is 21.9 Å². The van der Waals surface area contributed by atoms with Crippen LogP contribution in [0.4, 0.5) is 0 Å². The van der Waals surface area contributed by atoms with E-state index in [-0.39, 0.29) is 5.97 Å². The second-order valence-electron chi connectivity index (χ2n) is 3.43. The van der Waals surface area contributed by atoms with Crippen molar-refractivity contribution in [2.45, 2.75) is 51.9 Å². The Hall–Kier alpha value is -0.0500. The molecular formula is C11H21BrO2. The molecule has 0 radical (unpaired) electrons. The lowest BCUT2D eigenvalue weighted by molar-refractivity contribution is -0.143. The van der Waals surface area contributed by atoms with Crippen LogP contribution in [0.1, 0.15) is 51.9 Å². The molecule has 0 aliphatic heterocycles. The predicted octanol–water partition coefficient (Wildman–Crippen LogP) is 3.68. The summed E-state index contributed by atoms with van der Waals surface area (Å²) >= 11 is 3.33. The Morgan fingerprint density at radius 2 is 1.93 bits per heavy atom. The molecule has 0 saturated carbocycles. The van der Waals surface area contributed by atoms with Gasteiger partial charge in [-0.3, -0.25) is 4.79 Å². The van der Waals surface area contributed by atoms with E-state index in [4.69, 9.17) is 4.74 Å². The van der Waals surface area contributed by atoms with E-state index in [1.165, 1.54) is 19.3 Å². The Morgan fingerprint density at radius 1 is 1.14 bits per heavy atom. The molecule has 3 heteroatoms. The van der Waals surface area contributed by atoms with Crippen molar-refractivity contribution in [1.29, 1.82) is 0 Å². The fourth-order valence-corrected chi connectivity index (χ4v) is 1.55. The number of ether oxygens (including phenoxy) is 1. The molecule has 14 heavy (non-hydrogen) atoms. The van der Waals surface area contributed by atoms with Crippen molar-refractivity contribution in [1.82, 2.24) is 0 Å². The SMILES string of the molecule is CCCCCCOC(=O)CCCCBr. The van der Waals surface area contributed by atoms with Gasteiger partial charge in [-0.15, -0.1) is 0 Å². The first kappa shape index (κ1) is 13.9. The molecular weight excluding hydrogens is 244 g/mol. The van der Waals surface area contributed by atoms with Gasteiger partial charge in [0.15, 0.2) is 0 Å². The van der Waals surface area contributed by atoms with Crippen LogP contribution in [0.15, 0.2) is 0 Å². The topological polar surface area (TPSA) is 26.3 Å². The quantitative estimate of drug-likeness (QED) is 0.361. The van der Waals surface area contributed by atoms with Crippen LogP contribution < -0.4 is 0 Å². The largest absolute Gasteiger partial charge is 0.466 e. The molecule has 0 aromatic carbocycles. The lowest BCUT2D eigenvalue weighted by atomic mass is 10.2.